The quantitative estimate of drug-likeness (QED) is 0.870. The smallest absolute Gasteiger partial charge is 0.345 e. The molecule has 2 amide bonds. The van der Waals surface area contributed by atoms with Crippen LogP contribution in [0.1, 0.15) is 22.5 Å². The molecule has 1 aliphatic rings. The number of carbonyl (C=O) groups is 2. The Morgan fingerprint density at radius 3 is 2.71 bits per heavy atom. The first-order valence-corrected chi connectivity index (χ1v) is 7.79. The molecule has 116 valence electrons. The van der Waals surface area contributed by atoms with Crippen molar-refractivity contribution in [3.63, 3.8) is 0 Å². The fraction of sp³-hybridized carbons (Fsp3) is 0.500. The third kappa shape index (κ3) is 4.19. The number of nitrogens with one attached hydrogen (secondary N) is 1. The number of alkyl halides is 3. The number of amides is 2. The van der Waals surface area contributed by atoms with Gasteiger partial charge in [-0.25, -0.2) is 0 Å². The van der Waals surface area contributed by atoms with Crippen molar-refractivity contribution in [3.8, 4) is 0 Å². The van der Waals surface area contributed by atoms with Gasteiger partial charge in [0.25, 0.3) is 5.91 Å². The molecule has 0 bridgehead atoms. The summed E-state index contributed by atoms with van der Waals surface area (Å²) in [5, 5.41) is 1.84. The molecule has 1 saturated heterocycles. The van der Waals surface area contributed by atoms with Gasteiger partial charge >= 0.3 is 6.18 Å². The zero-order valence-corrected chi connectivity index (χ0v) is 13.1. The van der Waals surface area contributed by atoms with Gasteiger partial charge in [-0.1, -0.05) is 0 Å². The van der Waals surface area contributed by atoms with Crippen molar-refractivity contribution in [2.24, 2.45) is 0 Å². The van der Waals surface area contributed by atoms with Gasteiger partial charge < -0.3 is 10.2 Å². The summed E-state index contributed by atoms with van der Waals surface area (Å²) < 4.78 is 37.2. The standard InChI is InChI=1S/C12H12BrF3N2O2S/c13-9-4-3-8(21-9)11(20)18-5-1-2-7(18)10(19)17-6-12(14,15)16/h3-4,7H,1-2,5-6H2,(H,17,19). The highest BCUT2D eigenvalue weighted by molar-refractivity contribution is 9.11. The summed E-state index contributed by atoms with van der Waals surface area (Å²) in [5.74, 6) is -1.08. The second-order valence-corrected chi connectivity index (χ2v) is 7.06. The summed E-state index contributed by atoms with van der Waals surface area (Å²) >= 11 is 4.47. The Morgan fingerprint density at radius 1 is 1.43 bits per heavy atom. The summed E-state index contributed by atoms with van der Waals surface area (Å²) in [7, 11) is 0. The lowest BCUT2D eigenvalue weighted by Crippen LogP contribution is -2.47. The van der Waals surface area contributed by atoms with Gasteiger partial charge in [-0.15, -0.1) is 11.3 Å². The van der Waals surface area contributed by atoms with Gasteiger partial charge in [0.1, 0.15) is 12.6 Å². The van der Waals surface area contributed by atoms with Crippen LogP contribution in [0, 0.1) is 0 Å². The van der Waals surface area contributed by atoms with E-state index >= 15 is 0 Å². The molecule has 1 unspecified atom stereocenters. The number of hydrogen-bond donors (Lipinski definition) is 1. The molecule has 4 nitrogen and oxygen atoms in total. The zero-order valence-electron chi connectivity index (χ0n) is 10.7. The van der Waals surface area contributed by atoms with E-state index in [0.29, 0.717) is 24.3 Å². The second-order valence-electron chi connectivity index (χ2n) is 4.59. The molecule has 2 rings (SSSR count). The van der Waals surface area contributed by atoms with Gasteiger partial charge in [-0.05, 0) is 40.9 Å². The summed E-state index contributed by atoms with van der Waals surface area (Å²) in [6, 6.07) is 2.51. The van der Waals surface area contributed by atoms with E-state index in [-0.39, 0.29) is 5.91 Å². The summed E-state index contributed by atoms with van der Waals surface area (Å²) in [6.45, 7) is -1.01. The Labute approximate surface area is 131 Å². The molecule has 0 aromatic carbocycles. The molecule has 21 heavy (non-hydrogen) atoms. The van der Waals surface area contributed by atoms with E-state index in [4.69, 9.17) is 0 Å². The number of likely N-dealkylation sites (tertiary alicyclic amines) is 1. The number of thiophene rings is 1. The van der Waals surface area contributed by atoms with Crippen LogP contribution in [0.2, 0.25) is 0 Å². The van der Waals surface area contributed by atoms with Crippen molar-refractivity contribution in [2.45, 2.75) is 25.1 Å². The predicted molar refractivity (Wildman–Crippen MR) is 75.1 cm³/mol. The number of nitrogens with zero attached hydrogens (tertiary/aromatic N) is 1. The molecule has 1 aliphatic heterocycles. The number of rotatable bonds is 3. The second kappa shape index (κ2) is 6.35. The topological polar surface area (TPSA) is 49.4 Å². The summed E-state index contributed by atoms with van der Waals surface area (Å²) in [6.07, 6.45) is -3.48. The fourth-order valence-electron chi connectivity index (χ4n) is 2.16. The molecule has 9 heteroatoms. The van der Waals surface area contributed by atoms with Crippen LogP contribution >= 0.6 is 27.3 Å². The van der Waals surface area contributed by atoms with Crippen LogP contribution in [0.25, 0.3) is 0 Å². The molecular formula is C12H12BrF3N2O2S. The van der Waals surface area contributed by atoms with Crippen molar-refractivity contribution in [1.29, 1.82) is 0 Å². The molecule has 0 spiro atoms. The SMILES string of the molecule is O=C(NCC(F)(F)F)C1CCCN1C(=O)c1ccc(Br)s1. The van der Waals surface area contributed by atoms with E-state index in [1.165, 1.54) is 16.2 Å². The van der Waals surface area contributed by atoms with Crippen molar-refractivity contribution < 1.29 is 22.8 Å². The number of halogens is 4. The van der Waals surface area contributed by atoms with Crippen LogP contribution in [0.3, 0.4) is 0 Å². The summed E-state index contributed by atoms with van der Waals surface area (Å²) in [4.78, 5) is 25.9. The monoisotopic (exact) mass is 384 g/mol. The minimum Gasteiger partial charge on any atom is -0.345 e. The first-order chi connectivity index (χ1) is 9.78. The van der Waals surface area contributed by atoms with Crippen molar-refractivity contribution in [2.75, 3.05) is 13.1 Å². The van der Waals surface area contributed by atoms with E-state index in [0.717, 1.165) is 3.79 Å². The van der Waals surface area contributed by atoms with Crippen molar-refractivity contribution in [3.05, 3.63) is 20.8 Å². The average molecular weight is 385 g/mol. The highest BCUT2D eigenvalue weighted by atomic mass is 79.9. The molecule has 1 aromatic heterocycles. The minimum atomic E-state index is -4.46. The Hall–Kier alpha value is -1.09. The Bertz CT molecular complexity index is 547. The van der Waals surface area contributed by atoms with Crippen molar-refractivity contribution in [1.82, 2.24) is 10.2 Å². The molecule has 0 aliphatic carbocycles. The highest BCUT2D eigenvalue weighted by Gasteiger charge is 2.36. The third-order valence-corrected chi connectivity index (χ3v) is 4.68. The highest BCUT2D eigenvalue weighted by Crippen LogP contribution is 2.27. The Kier molecular flexibility index (Phi) is 4.92. The predicted octanol–water partition coefficient (Wildman–Crippen LogP) is 2.79. The fourth-order valence-corrected chi connectivity index (χ4v) is 3.50. The zero-order chi connectivity index (χ0) is 15.6. The first kappa shape index (κ1) is 16.3. The lowest BCUT2D eigenvalue weighted by atomic mass is 10.2. The van der Waals surface area contributed by atoms with E-state index in [9.17, 15) is 22.8 Å². The van der Waals surface area contributed by atoms with Crippen LogP contribution in [0.15, 0.2) is 15.9 Å². The first-order valence-electron chi connectivity index (χ1n) is 6.19. The van der Waals surface area contributed by atoms with Gasteiger partial charge in [0.05, 0.1) is 8.66 Å². The van der Waals surface area contributed by atoms with Gasteiger partial charge in [0.15, 0.2) is 0 Å². The maximum absolute atomic E-state index is 12.3. The van der Waals surface area contributed by atoms with Gasteiger partial charge in [0.2, 0.25) is 5.91 Å². The van der Waals surface area contributed by atoms with E-state index in [1.54, 1.807) is 12.1 Å². The number of hydrogen-bond acceptors (Lipinski definition) is 3. The molecule has 0 radical (unpaired) electrons. The molecule has 1 atom stereocenters. The maximum Gasteiger partial charge on any atom is 0.405 e. The van der Waals surface area contributed by atoms with Gasteiger partial charge in [-0.3, -0.25) is 9.59 Å². The molecule has 2 heterocycles. The Morgan fingerprint density at radius 2 is 2.14 bits per heavy atom. The lowest BCUT2D eigenvalue weighted by Gasteiger charge is -2.23. The molecule has 0 saturated carbocycles. The van der Waals surface area contributed by atoms with Gasteiger partial charge in [0, 0.05) is 6.54 Å². The molecule has 1 fully saturated rings. The van der Waals surface area contributed by atoms with E-state index in [2.05, 4.69) is 15.9 Å². The average Bonchev–Trinajstić information content (AvgIpc) is 3.02. The van der Waals surface area contributed by atoms with Crippen molar-refractivity contribution >= 4 is 39.1 Å². The maximum atomic E-state index is 12.3. The summed E-state index contributed by atoms with van der Waals surface area (Å²) in [5.41, 5.74) is 0. The van der Waals surface area contributed by atoms with Crippen LogP contribution in [0.4, 0.5) is 13.2 Å². The van der Waals surface area contributed by atoms with E-state index in [1.807, 2.05) is 5.32 Å². The van der Waals surface area contributed by atoms with Crippen LogP contribution in [-0.4, -0.2) is 42.0 Å². The minimum absolute atomic E-state index is 0.324. The number of carbonyl (C=O) groups excluding carboxylic acids is 2. The molecule has 1 N–H and O–H groups in total. The van der Waals surface area contributed by atoms with Crippen LogP contribution < -0.4 is 5.32 Å². The van der Waals surface area contributed by atoms with Crippen LogP contribution in [0.5, 0.6) is 0 Å². The Balaban J connectivity index is 2.03. The normalized spacial score (nSPS) is 18.9. The van der Waals surface area contributed by atoms with E-state index < -0.39 is 24.7 Å². The van der Waals surface area contributed by atoms with Gasteiger partial charge in [-0.2, -0.15) is 13.2 Å². The largest absolute Gasteiger partial charge is 0.405 e. The third-order valence-electron chi connectivity index (χ3n) is 3.06. The lowest BCUT2D eigenvalue weighted by molar-refractivity contribution is -0.140. The van der Waals surface area contributed by atoms with Crippen LogP contribution in [-0.2, 0) is 4.79 Å². The molecule has 1 aromatic rings. The molecular weight excluding hydrogens is 373 g/mol.